The Kier molecular flexibility index (Phi) is 5.67. The third kappa shape index (κ3) is 4.51. The number of carbonyl (C=O) groups excluding carboxylic acids is 3. The Labute approximate surface area is 133 Å². The molecule has 2 rings (SSSR count). The van der Waals surface area contributed by atoms with Gasteiger partial charge < -0.3 is 21.1 Å². The summed E-state index contributed by atoms with van der Waals surface area (Å²) in [4.78, 5) is 38.6. The standard InChI is InChI=1S/C15H20N4O4/c16-13(21)11-1-3-12(4-2-11)17-14(22)15(23)19-7-5-18(6-8-19)9-10-20/h1-4,20H,5-10H2,(H2,16,21)(H,17,22). The van der Waals surface area contributed by atoms with Gasteiger partial charge in [0.05, 0.1) is 6.61 Å². The number of benzene rings is 1. The summed E-state index contributed by atoms with van der Waals surface area (Å²) < 4.78 is 0. The Hall–Kier alpha value is -2.45. The highest BCUT2D eigenvalue weighted by molar-refractivity contribution is 6.39. The molecule has 0 aliphatic carbocycles. The number of rotatable bonds is 4. The van der Waals surface area contributed by atoms with E-state index in [1.54, 1.807) is 0 Å². The van der Waals surface area contributed by atoms with Crippen LogP contribution in [0.3, 0.4) is 0 Å². The molecule has 1 aliphatic heterocycles. The number of amides is 3. The summed E-state index contributed by atoms with van der Waals surface area (Å²) in [6.07, 6.45) is 0. The first kappa shape index (κ1) is 16.9. The van der Waals surface area contributed by atoms with E-state index in [1.807, 2.05) is 4.90 Å². The van der Waals surface area contributed by atoms with Gasteiger partial charge in [-0.05, 0) is 24.3 Å². The van der Waals surface area contributed by atoms with Crippen LogP contribution in [0.4, 0.5) is 5.69 Å². The molecule has 0 radical (unpaired) electrons. The van der Waals surface area contributed by atoms with Crippen LogP contribution in [0.2, 0.25) is 0 Å². The number of piperazine rings is 1. The Morgan fingerprint density at radius 3 is 2.22 bits per heavy atom. The molecule has 1 fully saturated rings. The minimum absolute atomic E-state index is 0.0791. The highest BCUT2D eigenvalue weighted by atomic mass is 16.3. The van der Waals surface area contributed by atoms with E-state index in [9.17, 15) is 14.4 Å². The maximum absolute atomic E-state index is 12.1. The molecule has 0 saturated carbocycles. The molecule has 1 saturated heterocycles. The fourth-order valence-corrected chi connectivity index (χ4v) is 2.36. The van der Waals surface area contributed by atoms with Crippen molar-refractivity contribution in [3.8, 4) is 0 Å². The topological polar surface area (TPSA) is 116 Å². The lowest BCUT2D eigenvalue weighted by molar-refractivity contribution is -0.144. The lowest BCUT2D eigenvalue weighted by Gasteiger charge is -2.33. The normalized spacial score (nSPS) is 15.3. The number of nitrogens with one attached hydrogen (secondary N) is 1. The van der Waals surface area contributed by atoms with Gasteiger partial charge in [-0.15, -0.1) is 0 Å². The van der Waals surface area contributed by atoms with E-state index in [0.29, 0.717) is 44.0 Å². The fourth-order valence-electron chi connectivity index (χ4n) is 2.36. The zero-order valence-electron chi connectivity index (χ0n) is 12.7. The first-order valence-corrected chi connectivity index (χ1v) is 7.34. The minimum atomic E-state index is -0.715. The second-order valence-electron chi connectivity index (χ2n) is 5.25. The summed E-state index contributed by atoms with van der Waals surface area (Å²) in [5.41, 5.74) is 5.89. The number of nitrogens with two attached hydrogens (primary N) is 1. The van der Waals surface area contributed by atoms with Crippen molar-refractivity contribution in [3.05, 3.63) is 29.8 Å². The molecule has 1 aliphatic rings. The van der Waals surface area contributed by atoms with Gasteiger partial charge in [-0.1, -0.05) is 0 Å². The third-order valence-corrected chi connectivity index (χ3v) is 3.70. The van der Waals surface area contributed by atoms with Crippen molar-refractivity contribution in [2.24, 2.45) is 5.73 Å². The third-order valence-electron chi connectivity index (χ3n) is 3.70. The fraction of sp³-hybridized carbons (Fsp3) is 0.400. The maximum Gasteiger partial charge on any atom is 0.313 e. The second kappa shape index (κ2) is 7.70. The van der Waals surface area contributed by atoms with Crippen molar-refractivity contribution in [1.29, 1.82) is 0 Å². The van der Waals surface area contributed by atoms with E-state index in [4.69, 9.17) is 10.8 Å². The van der Waals surface area contributed by atoms with Crippen molar-refractivity contribution in [2.75, 3.05) is 44.6 Å². The van der Waals surface area contributed by atoms with Crippen LogP contribution in [-0.4, -0.2) is 72.0 Å². The summed E-state index contributed by atoms with van der Waals surface area (Å²) in [6.45, 7) is 2.82. The summed E-state index contributed by atoms with van der Waals surface area (Å²) in [7, 11) is 0. The number of anilines is 1. The number of nitrogens with zero attached hydrogens (tertiary/aromatic N) is 2. The van der Waals surface area contributed by atoms with Gasteiger partial charge >= 0.3 is 11.8 Å². The molecule has 23 heavy (non-hydrogen) atoms. The molecule has 0 spiro atoms. The maximum atomic E-state index is 12.1. The van der Waals surface area contributed by atoms with Crippen molar-refractivity contribution in [3.63, 3.8) is 0 Å². The van der Waals surface area contributed by atoms with Crippen molar-refractivity contribution < 1.29 is 19.5 Å². The number of carbonyl (C=O) groups is 3. The highest BCUT2D eigenvalue weighted by Crippen LogP contribution is 2.10. The number of β-amino-alcohol motifs (C(OH)–C–C–N with tert-alkyl or cyclic N) is 1. The predicted molar refractivity (Wildman–Crippen MR) is 83.7 cm³/mol. The molecule has 1 aromatic carbocycles. The van der Waals surface area contributed by atoms with Crippen LogP contribution in [0.5, 0.6) is 0 Å². The zero-order chi connectivity index (χ0) is 16.8. The van der Waals surface area contributed by atoms with Crippen LogP contribution in [0.15, 0.2) is 24.3 Å². The molecule has 0 unspecified atom stereocenters. The molecular weight excluding hydrogens is 300 g/mol. The SMILES string of the molecule is NC(=O)c1ccc(NC(=O)C(=O)N2CCN(CCO)CC2)cc1. The molecule has 1 aromatic rings. The van der Waals surface area contributed by atoms with Crippen molar-refractivity contribution in [1.82, 2.24) is 9.80 Å². The van der Waals surface area contributed by atoms with Gasteiger partial charge in [-0.3, -0.25) is 19.3 Å². The quantitative estimate of drug-likeness (QED) is 0.607. The molecule has 0 atom stereocenters. The van der Waals surface area contributed by atoms with Gasteiger partial charge in [-0.2, -0.15) is 0 Å². The average Bonchev–Trinajstić information content (AvgIpc) is 2.55. The molecule has 8 heteroatoms. The van der Waals surface area contributed by atoms with Crippen molar-refractivity contribution >= 4 is 23.4 Å². The van der Waals surface area contributed by atoms with E-state index < -0.39 is 17.7 Å². The number of hydrogen-bond acceptors (Lipinski definition) is 5. The average molecular weight is 320 g/mol. The first-order chi connectivity index (χ1) is 11.0. The van der Waals surface area contributed by atoms with E-state index in [2.05, 4.69) is 5.32 Å². The molecule has 0 aromatic heterocycles. The molecule has 1 heterocycles. The van der Waals surface area contributed by atoms with Crippen LogP contribution in [0.25, 0.3) is 0 Å². The molecular formula is C15H20N4O4. The van der Waals surface area contributed by atoms with Crippen LogP contribution in [0.1, 0.15) is 10.4 Å². The monoisotopic (exact) mass is 320 g/mol. The summed E-state index contributed by atoms with van der Waals surface area (Å²) in [6, 6.07) is 6.00. The Balaban J connectivity index is 1.88. The highest BCUT2D eigenvalue weighted by Gasteiger charge is 2.25. The van der Waals surface area contributed by atoms with Gasteiger partial charge in [0, 0.05) is 44.0 Å². The Morgan fingerprint density at radius 2 is 1.70 bits per heavy atom. The number of hydrogen-bond donors (Lipinski definition) is 3. The van der Waals surface area contributed by atoms with E-state index >= 15 is 0 Å². The zero-order valence-corrected chi connectivity index (χ0v) is 12.7. The number of aliphatic hydroxyl groups is 1. The molecule has 4 N–H and O–H groups in total. The van der Waals surface area contributed by atoms with E-state index in [0.717, 1.165) is 0 Å². The van der Waals surface area contributed by atoms with Gasteiger partial charge in [0.2, 0.25) is 5.91 Å². The summed E-state index contributed by atoms with van der Waals surface area (Å²) >= 11 is 0. The van der Waals surface area contributed by atoms with Gasteiger partial charge in [0.25, 0.3) is 0 Å². The molecule has 0 bridgehead atoms. The lowest BCUT2D eigenvalue weighted by atomic mass is 10.2. The van der Waals surface area contributed by atoms with Crippen LogP contribution < -0.4 is 11.1 Å². The van der Waals surface area contributed by atoms with Crippen LogP contribution >= 0.6 is 0 Å². The van der Waals surface area contributed by atoms with E-state index in [-0.39, 0.29) is 6.61 Å². The minimum Gasteiger partial charge on any atom is -0.395 e. The molecule has 3 amide bonds. The second-order valence-corrected chi connectivity index (χ2v) is 5.25. The van der Waals surface area contributed by atoms with Crippen LogP contribution in [-0.2, 0) is 9.59 Å². The van der Waals surface area contributed by atoms with E-state index in [1.165, 1.54) is 29.2 Å². The predicted octanol–water partition coefficient (Wildman–Crippen LogP) is -1.14. The van der Waals surface area contributed by atoms with Gasteiger partial charge in [0.15, 0.2) is 0 Å². The molecule has 124 valence electrons. The first-order valence-electron chi connectivity index (χ1n) is 7.34. The lowest BCUT2D eigenvalue weighted by Crippen LogP contribution is -2.52. The Bertz CT molecular complexity index is 580. The van der Waals surface area contributed by atoms with Crippen LogP contribution in [0, 0.1) is 0 Å². The summed E-state index contributed by atoms with van der Waals surface area (Å²) in [5, 5.41) is 11.4. The smallest absolute Gasteiger partial charge is 0.313 e. The molecule has 8 nitrogen and oxygen atoms in total. The largest absolute Gasteiger partial charge is 0.395 e. The number of primary amides is 1. The van der Waals surface area contributed by atoms with Crippen molar-refractivity contribution in [2.45, 2.75) is 0 Å². The Morgan fingerprint density at radius 1 is 1.09 bits per heavy atom. The number of aliphatic hydroxyl groups excluding tert-OH is 1. The summed E-state index contributed by atoms with van der Waals surface area (Å²) in [5.74, 6) is -1.86. The van der Waals surface area contributed by atoms with Gasteiger partial charge in [-0.25, -0.2) is 0 Å². The van der Waals surface area contributed by atoms with Gasteiger partial charge in [0.1, 0.15) is 0 Å².